The van der Waals surface area contributed by atoms with Crippen molar-refractivity contribution in [3.63, 3.8) is 0 Å². The number of hydrogen-bond donors (Lipinski definition) is 0. The summed E-state index contributed by atoms with van der Waals surface area (Å²) in [6.45, 7) is 9.57. The van der Waals surface area contributed by atoms with Crippen LogP contribution < -0.4 is 0 Å². The lowest BCUT2D eigenvalue weighted by atomic mass is 9.77. The van der Waals surface area contributed by atoms with Crippen molar-refractivity contribution >= 4 is 14.0 Å². The van der Waals surface area contributed by atoms with Crippen LogP contribution in [0.5, 0.6) is 0 Å². The predicted octanol–water partition coefficient (Wildman–Crippen LogP) is 4.56. The maximum absolute atomic E-state index is 2.41. The van der Waals surface area contributed by atoms with Crippen molar-refractivity contribution < 1.29 is 0 Å². The Balaban J connectivity index is 2.28. The largest absolute Gasteiger partial charge is 0.113 e. The SMILES string of the molecule is CP(C)CC(C)(C)C1C=Cc2ccccc21. The fraction of sp³-hybridized carbons (Fsp3) is 0.467. The summed E-state index contributed by atoms with van der Waals surface area (Å²) in [6.07, 6.45) is 6.02. The Kier molecular flexibility index (Phi) is 3.22. The summed E-state index contributed by atoms with van der Waals surface area (Å²) in [7, 11) is 0.172. The second-order valence-electron chi connectivity index (χ2n) is 5.69. The third-order valence-corrected chi connectivity index (χ3v) is 4.81. The maximum Gasteiger partial charge on any atom is 0.00818 e. The molecular weight excluding hydrogens is 211 g/mol. The average molecular weight is 232 g/mol. The molecule has 0 heterocycles. The molecule has 0 N–H and O–H groups in total. The zero-order valence-corrected chi connectivity index (χ0v) is 11.6. The summed E-state index contributed by atoms with van der Waals surface area (Å²) in [4.78, 5) is 0. The first-order valence-corrected chi connectivity index (χ1v) is 8.35. The van der Waals surface area contributed by atoms with Gasteiger partial charge in [0.2, 0.25) is 0 Å². The van der Waals surface area contributed by atoms with Crippen LogP contribution in [-0.4, -0.2) is 19.5 Å². The highest BCUT2D eigenvalue weighted by Gasteiger charge is 2.32. The lowest BCUT2D eigenvalue weighted by molar-refractivity contribution is 0.377. The maximum atomic E-state index is 2.41. The summed E-state index contributed by atoms with van der Waals surface area (Å²) in [5.41, 5.74) is 3.32. The molecule has 1 aromatic rings. The number of allylic oxidation sites excluding steroid dienone is 1. The molecule has 0 nitrogen and oxygen atoms in total. The number of fused-ring (bicyclic) bond motifs is 1. The number of rotatable bonds is 3. The van der Waals surface area contributed by atoms with E-state index in [-0.39, 0.29) is 7.92 Å². The first kappa shape index (κ1) is 11.9. The Hall–Kier alpha value is -0.610. The Bertz CT molecular complexity index is 402. The van der Waals surface area contributed by atoms with Crippen molar-refractivity contribution in [1.82, 2.24) is 0 Å². The van der Waals surface area contributed by atoms with Crippen molar-refractivity contribution in [3.05, 3.63) is 41.5 Å². The molecule has 16 heavy (non-hydrogen) atoms. The van der Waals surface area contributed by atoms with Crippen LogP contribution in [0.2, 0.25) is 0 Å². The summed E-state index contributed by atoms with van der Waals surface area (Å²) in [6, 6.07) is 8.80. The van der Waals surface area contributed by atoms with E-state index < -0.39 is 0 Å². The normalized spacial score (nSPS) is 19.2. The molecular formula is C15H21P. The van der Waals surface area contributed by atoms with E-state index in [1.807, 2.05) is 0 Å². The van der Waals surface area contributed by atoms with Crippen molar-refractivity contribution in [2.75, 3.05) is 19.5 Å². The predicted molar refractivity (Wildman–Crippen MR) is 75.6 cm³/mol. The molecule has 0 radical (unpaired) electrons. The molecule has 1 heteroatoms. The van der Waals surface area contributed by atoms with Gasteiger partial charge in [-0.1, -0.05) is 50.3 Å². The van der Waals surface area contributed by atoms with Gasteiger partial charge >= 0.3 is 0 Å². The van der Waals surface area contributed by atoms with Crippen LogP contribution in [0.1, 0.15) is 30.9 Å². The topological polar surface area (TPSA) is 0 Å². The van der Waals surface area contributed by atoms with Crippen LogP contribution in [0.15, 0.2) is 30.3 Å². The van der Waals surface area contributed by atoms with Gasteiger partial charge in [0.1, 0.15) is 0 Å². The fourth-order valence-corrected chi connectivity index (χ4v) is 4.67. The smallest absolute Gasteiger partial charge is 0.00818 e. The molecule has 0 spiro atoms. The summed E-state index contributed by atoms with van der Waals surface area (Å²) in [5, 5.41) is 0. The lowest BCUT2D eigenvalue weighted by Crippen LogP contribution is -2.23. The molecule has 0 bridgehead atoms. The van der Waals surface area contributed by atoms with Crippen LogP contribution in [0.3, 0.4) is 0 Å². The molecule has 0 saturated carbocycles. The average Bonchev–Trinajstić information content (AvgIpc) is 2.59. The molecule has 2 rings (SSSR count). The zero-order valence-electron chi connectivity index (χ0n) is 10.7. The molecule has 0 amide bonds. The molecule has 1 aromatic carbocycles. The van der Waals surface area contributed by atoms with E-state index in [2.05, 4.69) is 63.6 Å². The Labute approximate surface area is 101 Å². The molecule has 0 fully saturated rings. The third kappa shape index (κ3) is 2.23. The van der Waals surface area contributed by atoms with E-state index in [1.54, 1.807) is 0 Å². The van der Waals surface area contributed by atoms with Gasteiger partial charge in [-0.3, -0.25) is 0 Å². The van der Waals surface area contributed by atoms with E-state index in [0.29, 0.717) is 11.3 Å². The van der Waals surface area contributed by atoms with Gasteiger partial charge in [-0.05, 0) is 36.0 Å². The summed E-state index contributed by atoms with van der Waals surface area (Å²) >= 11 is 0. The Morgan fingerprint density at radius 3 is 2.56 bits per heavy atom. The van der Waals surface area contributed by atoms with Crippen LogP contribution in [0.4, 0.5) is 0 Å². The Morgan fingerprint density at radius 1 is 1.19 bits per heavy atom. The Morgan fingerprint density at radius 2 is 1.88 bits per heavy atom. The van der Waals surface area contributed by atoms with E-state index in [0.717, 1.165) is 0 Å². The lowest BCUT2D eigenvalue weighted by Gasteiger charge is -2.33. The number of hydrogen-bond acceptors (Lipinski definition) is 0. The van der Waals surface area contributed by atoms with Gasteiger partial charge in [0.25, 0.3) is 0 Å². The fourth-order valence-electron chi connectivity index (χ4n) is 2.84. The van der Waals surface area contributed by atoms with E-state index in [1.165, 1.54) is 17.3 Å². The first-order valence-electron chi connectivity index (χ1n) is 5.92. The van der Waals surface area contributed by atoms with Gasteiger partial charge in [0.15, 0.2) is 0 Å². The quantitative estimate of drug-likeness (QED) is 0.670. The van der Waals surface area contributed by atoms with Gasteiger partial charge in [-0.15, -0.1) is 7.92 Å². The van der Waals surface area contributed by atoms with Gasteiger partial charge in [0, 0.05) is 5.92 Å². The van der Waals surface area contributed by atoms with Gasteiger partial charge in [-0.2, -0.15) is 0 Å². The minimum atomic E-state index is 0.172. The molecule has 86 valence electrons. The second-order valence-corrected chi connectivity index (χ2v) is 8.17. The van der Waals surface area contributed by atoms with Crippen molar-refractivity contribution in [2.24, 2.45) is 5.41 Å². The van der Waals surface area contributed by atoms with Gasteiger partial charge in [-0.25, -0.2) is 0 Å². The summed E-state index contributed by atoms with van der Waals surface area (Å²) in [5.74, 6) is 0.605. The highest BCUT2D eigenvalue weighted by molar-refractivity contribution is 7.56. The van der Waals surface area contributed by atoms with Gasteiger partial charge in [0.05, 0.1) is 0 Å². The van der Waals surface area contributed by atoms with Crippen LogP contribution in [0, 0.1) is 5.41 Å². The molecule has 1 unspecified atom stereocenters. The minimum Gasteiger partial charge on any atom is -0.113 e. The standard InChI is InChI=1S/C15H21P/c1-15(2,11-16(3)4)14-10-9-12-7-5-6-8-13(12)14/h5-10,14H,11H2,1-4H3. The third-order valence-electron chi connectivity index (χ3n) is 3.36. The summed E-state index contributed by atoms with van der Waals surface area (Å²) < 4.78 is 0. The monoisotopic (exact) mass is 232 g/mol. The highest BCUT2D eigenvalue weighted by atomic mass is 31.1. The molecule has 0 saturated heterocycles. The minimum absolute atomic E-state index is 0.172. The van der Waals surface area contributed by atoms with E-state index in [9.17, 15) is 0 Å². The van der Waals surface area contributed by atoms with Crippen molar-refractivity contribution in [3.8, 4) is 0 Å². The van der Waals surface area contributed by atoms with E-state index >= 15 is 0 Å². The first-order chi connectivity index (χ1) is 7.50. The molecule has 0 aromatic heterocycles. The molecule has 1 aliphatic rings. The zero-order chi connectivity index (χ0) is 11.8. The van der Waals surface area contributed by atoms with Crippen LogP contribution >= 0.6 is 7.92 Å². The van der Waals surface area contributed by atoms with E-state index in [4.69, 9.17) is 0 Å². The molecule has 1 atom stereocenters. The van der Waals surface area contributed by atoms with Crippen molar-refractivity contribution in [2.45, 2.75) is 19.8 Å². The molecule has 1 aliphatic carbocycles. The molecule has 0 aliphatic heterocycles. The van der Waals surface area contributed by atoms with Crippen LogP contribution in [0.25, 0.3) is 6.08 Å². The van der Waals surface area contributed by atoms with Crippen molar-refractivity contribution in [1.29, 1.82) is 0 Å². The number of benzene rings is 1. The van der Waals surface area contributed by atoms with Gasteiger partial charge < -0.3 is 0 Å². The highest BCUT2D eigenvalue weighted by Crippen LogP contribution is 2.47. The second kappa shape index (κ2) is 4.34. The van der Waals surface area contributed by atoms with Crippen LogP contribution in [-0.2, 0) is 0 Å².